The van der Waals surface area contributed by atoms with Gasteiger partial charge in [-0.1, -0.05) is 57.2 Å². The summed E-state index contributed by atoms with van der Waals surface area (Å²) in [5, 5.41) is 0. The lowest BCUT2D eigenvalue weighted by Crippen LogP contribution is -2.51. The summed E-state index contributed by atoms with van der Waals surface area (Å²) < 4.78 is 0. The summed E-state index contributed by atoms with van der Waals surface area (Å²) in [6.07, 6.45) is 7.43. The van der Waals surface area contributed by atoms with E-state index in [4.69, 9.17) is 0 Å². The van der Waals surface area contributed by atoms with Crippen LogP contribution in [0, 0.1) is 24.2 Å². The molecule has 0 saturated heterocycles. The van der Waals surface area contributed by atoms with Gasteiger partial charge in [0.25, 0.3) is 0 Å². The van der Waals surface area contributed by atoms with Gasteiger partial charge in [-0.15, -0.1) is 0 Å². The van der Waals surface area contributed by atoms with Gasteiger partial charge in [-0.05, 0) is 55.7 Å². The predicted molar refractivity (Wildman–Crippen MR) is 95.0 cm³/mol. The Morgan fingerprint density at radius 3 is 2.45 bits per heavy atom. The quantitative estimate of drug-likeness (QED) is 0.679. The highest BCUT2D eigenvalue weighted by Gasteiger charge is 2.53. The van der Waals surface area contributed by atoms with Crippen molar-refractivity contribution in [1.29, 1.82) is 0 Å². The van der Waals surface area contributed by atoms with Crippen LogP contribution in [-0.2, 0) is 6.42 Å². The van der Waals surface area contributed by atoms with Gasteiger partial charge < -0.3 is 0 Å². The molecule has 1 aromatic carbocycles. The van der Waals surface area contributed by atoms with Gasteiger partial charge in [-0.2, -0.15) is 0 Å². The Bertz CT molecular complexity index is 561. The molecule has 1 aromatic rings. The number of hydrogen-bond acceptors (Lipinski definition) is 1. The first-order valence-electron chi connectivity index (χ1n) is 8.96. The number of rotatable bonds is 6. The van der Waals surface area contributed by atoms with Crippen LogP contribution in [0.4, 0.5) is 0 Å². The Morgan fingerprint density at radius 1 is 1.27 bits per heavy atom. The molecule has 0 N–H and O–H groups in total. The third kappa shape index (κ3) is 2.65. The maximum atomic E-state index is 2.74. The van der Waals surface area contributed by atoms with E-state index >= 15 is 0 Å². The van der Waals surface area contributed by atoms with Gasteiger partial charge >= 0.3 is 0 Å². The Balaban J connectivity index is 1.69. The van der Waals surface area contributed by atoms with E-state index in [2.05, 4.69) is 75.9 Å². The second-order valence-corrected chi connectivity index (χ2v) is 7.79. The van der Waals surface area contributed by atoms with Gasteiger partial charge in [-0.25, -0.2) is 0 Å². The van der Waals surface area contributed by atoms with Crippen molar-refractivity contribution in [3.05, 3.63) is 47.5 Å². The minimum absolute atomic E-state index is 0.534. The van der Waals surface area contributed by atoms with Crippen molar-refractivity contribution in [2.24, 2.45) is 17.3 Å². The molecule has 5 atom stereocenters. The zero-order chi connectivity index (χ0) is 15.9. The smallest absolute Gasteiger partial charge is 0.0347 e. The van der Waals surface area contributed by atoms with Crippen molar-refractivity contribution in [2.45, 2.75) is 59.5 Å². The summed E-state index contributed by atoms with van der Waals surface area (Å²) in [5.41, 5.74) is 3.48. The Kier molecular flexibility index (Phi) is 4.20. The fraction of sp³-hybridized carbons (Fsp3) is 0.619. The Morgan fingerprint density at radius 2 is 1.95 bits per heavy atom. The van der Waals surface area contributed by atoms with Gasteiger partial charge in [0.05, 0.1) is 0 Å². The highest BCUT2D eigenvalue weighted by atomic mass is 15.2. The predicted octanol–water partition coefficient (Wildman–Crippen LogP) is 4.85. The largest absolute Gasteiger partial charge is 0.293 e. The molecule has 1 saturated carbocycles. The Labute approximate surface area is 136 Å². The van der Waals surface area contributed by atoms with Crippen LogP contribution < -0.4 is 0 Å². The van der Waals surface area contributed by atoms with Crippen LogP contribution in [-0.4, -0.2) is 23.5 Å². The molecule has 1 fully saturated rings. The van der Waals surface area contributed by atoms with Crippen LogP contribution >= 0.6 is 0 Å². The lowest BCUT2D eigenvalue weighted by atomic mass is 9.80. The van der Waals surface area contributed by atoms with Crippen molar-refractivity contribution in [2.75, 3.05) is 6.54 Å². The van der Waals surface area contributed by atoms with Crippen LogP contribution in [0.15, 0.2) is 36.4 Å². The van der Waals surface area contributed by atoms with Crippen molar-refractivity contribution in [3.63, 3.8) is 0 Å². The molecule has 2 aliphatic rings. The van der Waals surface area contributed by atoms with Gasteiger partial charge in [0.15, 0.2) is 0 Å². The van der Waals surface area contributed by atoms with Crippen molar-refractivity contribution in [3.8, 4) is 0 Å². The minimum atomic E-state index is 0.534. The highest BCUT2D eigenvalue weighted by Crippen LogP contribution is 2.56. The van der Waals surface area contributed by atoms with Crippen LogP contribution in [0.25, 0.3) is 0 Å². The summed E-state index contributed by atoms with van der Waals surface area (Å²) in [7, 11) is 0. The molecule has 0 bridgehead atoms. The fourth-order valence-electron chi connectivity index (χ4n) is 4.31. The molecule has 1 heteroatoms. The number of likely N-dealkylation sites (N-methyl/N-ethyl adjacent to an activating group) is 1. The monoisotopic (exact) mass is 297 g/mol. The topological polar surface area (TPSA) is 3.24 Å². The number of benzene rings is 1. The highest BCUT2D eigenvalue weighted by molar-refractivity contribution is 5.29. The average Bonchev–Trinajstić information content (AvgIpc) is 3.10. The average molecular weight is 297 g/mol. The first-order valence-corrected chi connectivity index (χ1v) is 8.96. The van der Waals surface area contributed by atoms with Crippen LogP contribution in [0.3, 0.4) is 0 Å². The Hall–Kier alpha value is -1.08. The molecule has 0 amide bonds. The molecular weight excluding hydrogens is 266 g/mol. The van der Waals surface area contributed by atoms with E-state index in [1.54, 1.807) is 0 Å². The van der Waals surface area contributed by atoms with Crippen molar-refractivity contribution in [1.82, 2.24) is 4.90 Å². The number of nitrogens with zero attached hydrogens (tertiary/aromatic N) is 1. The maximum Gasteiger partial charge on any atom is 0.0347 e. The third-order valence-electron chi connectivity index (χ3n) is 6.62. The van der Waals surface area contributed by atoms with E-state index in [0.29, 0.717) is 23.4 Å². The van der Waals surface area contributed by atoms with Crippen LogP contribution in [0.2, 0.25) is 0 Å². The molecule has 0 radical (unpaired) electrons. The molecule has 0 spiro atoms. The second-order valence-electron chi connectivity index (χ2n) is 7.79. The van der Waals surface area contributed by atoms with E-state index in [0.717, 1.165) is 12.5 Å². The summed E-state index contributed by atoms with van der Waals surface area (Å²) in [6, 6.07) is 10.2. The standard InChI is InChI=1S/C21H31N/c1-6-22(17(4)21(5)14-16(21)3)20-12-11-19(20)13-18-10-8-7-9-15(18)2/h7-12,16-17,19-20H,6,13-14H2,1-5H3. The first kappa shape index (κ1) is 15.8. The van der Waals surface area contributed by atoms with E-state index in [1.165, 1.54) is 24.0 Å². The van der Waals surface area contributed by atoms with Gasteiger partial charge in [-0.3, -0.25) is 4.90 Å². The zero-order valence-corrected chi connectivity index (χ0v) is 14.8. The summed E-state index contributed by atoms with van der Waals surface area (Å²) in [6.45, 7) is 13.0. The van der Waals surface area contributed by atoms with E-state index in [-0.39, 0.29) is 0 Å². The summed E-state index contributed by atoms with van der Waals surface area (Å²) in [5.74, 6) is 1.57. The molecule has 2 aliphatic carbocycles. The zero-order valence-electron chi connectivity index (χ0n) is 14.8. The van der Waals surface area contributed by atoms with Crippen molar-refractivity contribution < 1.29 is 0 Å². The molecule has 3 rings (SSSR count). The van der Waals surface area contributed by atoms with E-state index < -0.39 is 0 Å². The molecule has 5 unspecified atom stereocenters. The van der Waals surface area contributed by atoms with E-state index in [1.807, 2.05) is 0 Å². The van der Waals surface area contributed by atoms with Crippen LogP contribution in [0.5, 0.6) is 0 Å². The minimum Gasteiger partial charge on any atom is -0.293 e. The summed E-state index contributed by atoms with van der Waals surface area (Å²) in [4.78, 5) is 2.74. The third-order valence-corrected chi connectivity index (χ3v) is 6.62. The maximum absolute atomic E-state index is 2.74. The fourth-order valence-corrected chi connectivity index (χ4v) is 4.31. The summed E-state index contributed by atoms with van der Waals surface area (Å²) >= 11 is 0. The van der Waals surface area contributed by atoms with E-state index in [9.17, 15) is 0 Å². The molecule has 22 heavy (non-hydrogen) atoms. The number of aryl methyl sites for hydroxylation is 1. The van der Waals surface area contributed by atoms with Crippen LogP contribution in [0.1, 0.15) is 45.2 Å². The molecular formula is C21H31N. The lowest BCUT2D eigenvalue weighted by molar-refractivity contribution is 0.0888. The first-order chi connectivity index (χ1) is 10.5. The molecule has 0 aromatic heterocycles. The molecule has 0 aliphatic heterocycles. The molecule has 120 valence electrons. The normalized spacial score (nSPS) is 34.5. The number of hydrogen-bond donors (Lipinski definition) is 0. The van der Waals surface area contributed by atoms with Gasteiger partial charge in [0.1, 0.15) is 0 Å². The van der Waals surface area contributed by atoms with Crippen molar-refractivity contribution >= 4 is 0 Å². The SMILES string of the molecule is CCN(C1C=CC1Cc1ccccc1C)C(C)C1(C)CC1C. The molecule has 1 nitrogen and oxygen atoms in total. The van der Waals surface area contributed by atoms with Gasteiger partial charge in [0, 0.05) is 18.0 Å². The lowest BCUT2D eigenvalue weighted by Gasteiger charge is -2.44. The van der Waals surface area contributed by atoms with Gasteiger partial charge in [0.2, 0.25) is 0 Å². The molecule has 0 heterocycles. The second kappa shape index (κ2) is 5.85.